The Kier molecular flexibility index (Phi) is 6.97. The zero-order valence-electron chi connectivity index (χ0n) is 11.1. The molecule has 100 valence electrons. The topological polar surface area (TPSA) is 55.1 Å². The molecule has 4 heteroatoms. The number of thioether (sulfide) groups is 1. The predicted molar refractivity (Wildman–Crippen MR) is 75.2 cm³/mol. The predicted octanol–water partition coefficient (Wildman–Crippen LogP) is 2.29. The van der Waals surface area contributed by atoms with Crippen LogP contribution in [0, 0.1) is 0 Å². The van der Waals surface area contributed by atoms with Gasteiger partial charge in [0.15, 0.2) is 0 Å². The molecule has 1 unspecified atom stereocenters. The number of nitrogens with one attached hydrogen (secondary N) is 1. The average Bonchev–Trinajstić information content (AvgIpc) is 2.29. The Morgan fingerprint density at radius 2 is 2.06 bits per heavy atom. The lowest BCUT2D eigenvalue weighted by atomic mass is 9.95. The average molecular weight is 258 g/mol. The summed E-state index contributed by atoms with van der Waals surface area (Å²) in [5.74, 6) is 0.207. The molecule has 0 aliphatic heterocycles. The van der Waals surface area contributed by atoms with E-state index < -0.39 is 0 Å². The summed E-state index contributed by atoms with van der Waals surface area (Å²) in [5.41, 5.74) is 5.66. The standard InChI is InChI=1S/C13H26N2OS/c1-10(14)4-3-5-13(16)15-11-6-8-12(17-2)9-7-11/h10-12H,3-9,14H2,1-2H3,(H,15,16). The van der Waals surface area contributed by atoms with Gasteiger partial charge in [0.05, 0.1) is 0 Å². The van der Waals surface area contributed by atoms with Crippen LogP contribution in [0.3, 0.4) is 0 Å². The molecule has 1 atom stereocenters. The first-order chi connectivity index (χ1) is 8.11. The van der Waals surface area contributed by atoms with Crippen LogP contribution >= 0.6 is 11.8 Å². The lowest BCUT2D eigenvalue weighted by Crippen LogP contribution is -2.38. The molecular formula is C13H26N2OS. The van der Waals surface area contributed by atoms with Crippen molar-refractivity contribution in [2.75, 3.05) is 6.26 Å². The molecule has 0 aromatic rings. The molecule has 3 N–H and O–H groups in total. The zero-order chi connectivity index (χ0) is 12.7. The zero-order valence-corrected chi connectivity index (χ0v) is 11.9. The highest BCUT2D eigenvalue weighted by atomic mass is 32.2. The van der Waals surface area contributed by atoms with Gasteiger partial charge in [-0.15, -0.1) is 0 Å². The number of carbonyl (C=O) groups is 1. The van der Waals surface area contributed by atoms with Crippen molar-refractivity contribution in [3.05, 3.63) is 0 Å². The number of hydrogen-bond donors (Lipinski definition) is 2. The van der Waals surface area contributed by atoms with Crippen LogP contribution in [0.5, 0.6) is 0 Å². The Morgan fingerprint density at radius 1 is 1.41 bits per heavy atom. The third-order valence-corrected chi connectivity index (χ3v) is 4.57. The van der Waals surface area contributed by atoms with Crippen molar-refractivity contribution in [1.29, 1.82) is 0 Å². The molecule has 0 saturated heterocycles. The maximum absolute atomic E-state index is 11.7. The minimum absolute atomic E-state index is 0.207. The molecule has 1 amide bonds. The lowest BCUT2D eigenvalue weighted by Gasteiger charge is -2.28. The van der Waals surface area contributed by atoms with Gasteiger partial charge in [0.2, 0.25) is 5.91 Å². The van der Waals surface area contributed by atoms with Gasteiger partial charge >= 0.3 is 0 Å². The van der Waals surface area contributed by atoms with Gasteiger partial charge in [0.25, 0.3) is 0 Å². The molecule has 17 heavy (non-hydrogen) atoms. The number of amides is 1. The van der Waals surface area contributed by atoms with Gasteiger partial charge < -0.3 is 11.1 Å². The second-order valence-corrected chi connectivity index (χ2v) is 6.28. The Labute approximate surface area is 109 Å². The van der Waals surface area contributed by atoms with Crippen molar-refractivity contribution in [2.24, 2.45) is 5.73 Å². The Bertz CT molecular complexity index is 225. The molecule has 1 aliphatic carbocycles. The van der Waals surface area contributed by atoms with E-state index in [1.54, 1.807) is 0 Å². The fraction of sp³-hybridized carbons (Fsp3) is 0.923. The Morgan fingerprint density at radius 3 is 2.59 bits per heavy atom. The Hall–Kier alpha value is -0.220. The number of nitrogens with two attached hydrogens (primary N) is 1. The monoisotopic (exact) mass is 258 g/mol. The highest BCUT2D eigenvalue weighted by Gasteiger charge is 2.21. The fourth-order valence-electron chi connectivity index (χ4n) is 2.33. The number of hydrogen-bond acceptors (Lipinski definition) is 3. The molecule has 1 aliphatic rings. The van der Waals surface area contributed by atoms with Gasteiger partial charge in [0.1, 0.15) is 0 Å². The van der Waals surface area contributed by atoms with E-state index in [-0.39, 0.29) is 11.9 Å². The third kappa shape index (κ3) is 6.32. The third-order valence-electron chi connectivity index (χ3n) is 3.44. The minimum atomic E-state index is 0.207. The van der Waals surface area contributed by atoms with Crippen LogP contribution in [-0.2, 0) is 4.79 Å². The van der Waals surface area contributed by atoms with Crippen LogP contribution in [0.15, 0.2) is 0 Å². The highest BCUT2D eigenvalue weighted by Crippen LogP contribution is 2.26. The van der Waals surface area contributed by atoms with E-state index in [0.29, 0.717) is 12.5 Å². The molecule has 0 heterocycles. The van der Waals surface area contributed by atoms with Gasteiger partial charge in [-0.1, -0.05) is 0 Å². The van der Waals surface area contributed by atoms with Gasteiger partial charge in [-0.2, -0.15) is 11.8 Å². The van der Waals surface area contributed by atoms with Gasteiger partial charge in [0, 0.05) is 23.8 Å². The van der Waals surface area contributed by atoms with Crippen molar-refractivity contribution in [3.8, 4) is 0 Å². The Balaban J connectivity index is 2.10. The molecule has 0 aromatic carbocycles. The lowest BCUT2D eigenvalue weighted by molar-refractivity contribution is -0.122. The van der Waals surface area contributed by atoms with E-state index in [2.05, 4.69) is 11.6 Å². The SMILES string of the molecule is CSC1CCC(NC(=O)CCCC(C)N)CC1. The summed E-state index contributed by atoms with van der Waals surface area (Å²) in [6.45, 7) is 1.99. The summed E-state index contributed by atoms with van der Waals surface area (Å²) >= 11 is 1.96. The maximum atomic E-state index is 11.7. The van der Waals surface area contributed by atoms with Gasteiger partial charge in [-0.05, 0) is 51.7 Å². The van der Waals surface area contributed by atoms with Crippen LogP contribution in [-0.4, -0.2) is 29.5 Å². The second-order valence-electron chi connectivity index (χ2n) is 5.15. The van der Waals surface area contributed by atoms with Crippen molar-refractivity contribution in [1.82, 2.24) is 5.32 Å². The van der Waals surface area contributed by atoms with E-state index >= 15 is 0 Å². The largest absolute Gasteiger partial charge is 0.353 e. The van der Waals surface area contributed by atoms with E-state index in [1.165, 1.54) is 12.8 Å². The molecule has 1 saturated carbocycles. The van der Waals surface area contributed by atoms with Gasteiger partial charge in [-0.3, -0.25) is 4.79 Å². The molecule has 1 rings (SSSR count). The van der Waals surface area contributed by atoms with Crippen molar-refractivity contribution < 1.29 is 4.79 Å². The number of carbonyl (C=O) groups excluding carboxylic acids is 1. The second kappa shape index (κ2) is 7.98. The summed E-state index contributed by atoms with van der Waals surface area (Å²) in [4.78, 5) is 11.7. The smallest absolute Gasteiger partial charge is 0.220 e. The normalized spacial score (nSPS) is 26.5. The quantitative estimate of drug-likeness (QED) is 0.768. The van der Waals surface area contributed by atoms with Crippen LogP contribution in [0.2, 0.25) is 0 Å². The van der Waals surface area contributed by atoms with E-state index in [0.717, 1.165) is 30.9 Å². The first kappa shape index (κ1) is 14.8. The van der Waals surface area contributed by atoms with Gasteiger partial charge in [-0.25, -0.2) is 0 Å². The first-order valence-corrected chi connectivity index (χ1v) is 7.98. The molecule has 1 fully saturated rings. The maximum Gasteiger partial charge on any atom is 0.220 e. The summed E-state index contributed by atoms with van der Waals surface area (Å²) in [5, 5.41) is 3.95. The summed E-state index contributed by atoms with van der Waals surface area (Å²) in [6.07, 6.45) is 9.42. The minimum Gasteiger partial charge on any atom is -0.353 e. The van der Waals surface area contributed by atoms with E-state index in [1.807, 2.05) is 18.7 Å². The van der Waals surface area contributed by atoms with Crippen molar-refractivity contribution in [3.63, 3.8) is 0 Å². The summed E-state index contributed by atoms with van der Waals surface area (Å²) in [7, 11) is 0. The molecule has 0 bridgehead atoms. The number of rotatable bonds is 6. The first-order valence-electron chi connectivity index (χ1n) is 6.69. The highest BCUT2D eigenvalue weighted by molar-refractivity contribution is 7.99. The molecular weight excluding hydrogens is 232 g/mol. The molecule has 0 spiro atoms. The van der Waals surface area contributed by atoms with Crippen LogP contribution < -0.4 is 11.1 Å². The van der Waals surface area contributed by atoms with Crippen LogP contribution in [0.4, 0.5) is 0 Å². The van der Waals surface area contributed by atoms with Crippen molar-refractivity contribution >= 4 is 17.7 Å². The van der Waals surface area contributed by atoms with Crippen molar-refractivity contribution in [2.45, 2.75) is 69.2 Å². The molecule has 0 radical (unpaired) electrons. The summed E-state index contributed by atoms with van der Waals surface area (Å²) in [6, 6.07) is 0.626. The van der Waals surface area contributed by atoms with E-state index in [9.17, 15) is 4.79 Å². The van der Waals surface area contributed by atoms with Crippen LogP contribution in [0.1, 0.15) is 51.9 Å². The molecule has 0 aromatic heterocycles. The summed E-state index contributed by atoms with van der Waals surface area (Å²) < 4.78 is 0. The fourth-order valence-corrected chi connectivity index (χ4v) is 3.07. The van der Waals surface area contributed by atoms with Crippen LogP contribution in [0.25, 0.3) is 0 Å². The van der Waals surface area contributed by atoms with E-state index in [4.69, 9.17) is 5.73 Å². The molecule has 3 nitrogen and oxygen atoms in total.